The highest BCUT2D eigenvalue weighted by Crippen LogP contribution is 2.30. The van der Waals surface area contributed by atoms with Gasteiger partial charge in [-0.3, -0.25) is 9.36 Å². The summed E-state index contributed by atoms with van der Waals surface area (Å²) in [5.74, 6) is 0.477. The maximum absolute atomic E-state index is 12.4. The Kier molecular flexibility index (Phi) is 7.28. The Morgan fingerprint density at radius 1 is 1.23 bits per heavy atom. The molecule has 0 atom stereocenters. The van der Waals surface area contributed by atoms with E-state index in [0.29, 0.717) is 23.0 Å². The van der Waals surface area contributed by atoms with Gasteiger partial charge in [0.25, 0.3) is 0 Å². The molecule has 0 radical (unpaired) electrons. The Balaban J connectivity index is 1.63. The van der Waals surface area contributed by atoms with Crippen molar-refractivity contribution in [3.05, 3.63) is 46.2 Å². The number of ether oxygens (including phenoxy) is 1. The minimum atomic E-state index is -0.379. The first-order chi connectivity index (χ1) is 14.4. The second kappa shape index (κ2) is 9.90. The molecule has 2 aromatic heterocycles. The zero-order chi connectivity index (χ0) is 21.7. The molecule has 3 rings (SSSR count). The fourth-order valence-corrected chi connectivity index (χ4v) is 4.38. The van der Waals surface area contributed by atoms with E-state index in [9.17, 15) is 9.59 Å². The number of amides is 1. The summed E-state index contributed by atoms with van der Waals surface area (Å²) in [6.07, 6.45) is 0. The second-order valence-electron chi connectivity index (χ2n) is 6.85. The molecule has 0 saturated carbocycles. The van der Waals surface area contributed by atoms with Crippen molar-refractivity contribution in [2.45, 2.75) is 38.9 Å². The summed E-state index contributed by atoms with van der Waals surface area (Å²) in [5.41, 5.74) is 2.11. The van der Waals surface area contributed by atoms with E-state index in [1.54, 1.807) is 42.5 Å². The van der Waals surface area contributed by atoms with E-state index in [1.165, 1.54) is 16.6 Å². The van der Waals surface area contributed by atoms with Gasteiger partial charge in [-0.1, -0.05) is 11.8 Å². The van der Waals surface area contributed by atoms with Crippen LogP contribution in [0.2, 0.25) is 0 Å². The average molecular weight is 445 g/mol. The molecule has 0 unspecified atom stereocenters. The zero-order valence-corrected chi connectivity index (χ0v) is 19.0. The predicted octanol–water partition coefficient (Wildman–Crippen LogP) is 4.80. The standard InChI is InChI=1S/C21H24N4O3S2/c1-5-28-20(27)15-6-8-17(9-7-15)22-18(26)12-30-21-24-23-19(25(21)13(2)3)16-10-14(4)29-11-16/h6-11,13H,5,12H2,1-4H3,(H,22,26). The van der Waals surface area contributed by atoms with E-state index in [-0.39, 0.29) is 23.7 Å². The molecular weight excluding hydrogens is 420 g/mol. The smallest absolute Gasteiger partial charge is 0.338 e. The van der Waals surface area contributed by atoms with Gasteiger partial charge in [-0.15, -0.1) is 21.5 Å². The van der Waals surface area contributed by atoms with Gasteiger partial charge < -0.3 is 10.1 Å². The van der Waals surface area contributed by atoms with Gasteiger partial charge in [0.05, 0.1) is 17.9 Å². The summed E-state index contributed by atoms with van der Waals surface area (Å²) in [4.78, 5) is 25.3. The molecule has 30 heavy (non-hydrogen) atoms. The van der Waals surface area contributed by atoms with Gasteiger partial charge in [-0.05, 0) is 58.0 Å². The number of nitrogens with one attached hydrogen (secondary N) is 1. The van der Waals surface area contributed by atoms with Crippen LogP contribution in [0.3, 0.4) is 0 Å². The molecule has 0 fully saturated rings. The first-order valence-electron chi connectivity index (χ1n) is 9.59. The van der Waals surface area contributed by atoms with Crippen molar-refractivity contribution in [3.8, 4) is 11.4 Å². The third-order valence-corrected chi connectivity index (χ3v) is 5.99. The summed E-state index contributed by atoms with van der Waals surface area (Å²) >= 11 is 3.02. The van der Waals surface area contributed by atoms with E-state index >= 15 is 0 Å². The van der Waals surface area contributed by atoms with Crippen molar-refractivity contribution < 1.29 is 14.3 Å². The number of carbonyl (C=O) groups excluding carboxylic acids is 2. The van der Waals surface area contributed by atoms with Crippen LogP contribution in [0, 0.1) is 6.92 Å². The number of anilines is 1. The number of thioether (sulfide) groups is 1. The summed E-state index contributed by atoms with van der Waals surface area (Å²) in [6.45, 7) is 8.28. The maximum Gasteiger partial charge on any atom is 0.338 e. The Morgan fingerprint density at radius 3 is 2.57 bits per heavy atom. The van der Waals surface area contributed by atoms with Crippen LogP contribution in [0.1, 0.15) is 42.0 Å². The summed E-state index contributed by atoms with van der Waals surface area (Å²) in [5, 5.41) is 14.3. The third-order valence-electron chi connectivity index (χ3n) is 4.18. The maximum atomic E-state index is 12.4. The number of aryl methyl sites for hydroxylation is 1. The van der Waals surface area contributed by atoms with Gasteiger partial charge in [-0.2, -0.15) is 0 Å². The van der Waals surface area contributed by atoms with Crippen LogP contribution >= 0.6 is 23.1 Å². The number of hydrogen-bond acceptors (Lipinski definition) is 7. The molecule has 0 spiro atoms. The van der Waals surface area contributed by atoms with Crippen LogP contribution in [0.4, 0.5) is 5.69 Å². The number of nitrogens with zero attached hydrogens (tertiary/aromatic N) is 3. The van der Waals surface area contributed by atoms with Crippen molar-refractivity contribution in [2.24, 2.45) is 0 Å². The fourth-order valence-electron chi connectivity index (χ4n) is 2.83. The summed E-state index contributed by atoms with van der Waals surface area (Å²) < 4.78 is 7.01. The van der Waals surface area contributed by atoms with Gasteiger partial charge in [0.2, 0.25) is 5.91 Å². The normalized spacial score (nSPS) is 11.0. The lowest BCUT2D eigenvalue weighted by Gasteiger charge is -2.13. The number of rotatable bonds is 8. The predicted molar refractivity (Wildman–Crippen MR) is 120 cm³/mol. The van der Waals surface area contributed by atoms with Crippen molar-refractivity contribution in [3.63, 3.8) is 0 Å². The molecule has 2 heterocycles. The van der Waals surface area contributed by atoms with Crippen molar-refractivity contribution in [1.29, 1.82) is 0 Å². The van der Waals surface area contributed by atoms with Crippen LogP contribution in [-0.2, 0) is 9.53 Å². The molecule has 0 bridgehead atoms. The number of carbonyl (C=O) groups is 2. The molecule has 3 aromatic rings. The summed E-state index contributed by atoms with van der Waals surface area (Å²) in [6, 6.07) is 8.88. The average Bonchev–Trinajstić information content (AvgIpc) is 3.33. The first-order valence-corrected chi connectivity index (χ1v) is 11.5. The minimum Gasteiger partial charge on any atom is -0.462 e. The SMILES string of the molecule is CCOC(=O)c1ccc(NC(=O)CSc2nnc(-c3csc(C)c3)n2C(C)C)cc1. The zero-order valence-electron chi connectivity index (χ0n) is 17.3. The van der Waals surface area contributed by atoms with Gasteiger partial charge in [0.1, 0.15) is 0 Å². The van der Waals surface area contributed by atoms with Crippen LogP contribution in [0.5, 0.6) is 0 Å². The fraction of sp³-hybridized carbons (Fsp3) is 0.333. The van der Waals surface area contributed by atoms with Crippen LogP contribution in [-0.4, -0.2) is 39.0 Å². The lowest BCUT2D eigenvalue weighted by atomic mass is 10.2. The Bertz CT molecular complexity index is 1030. The van der Waals surface area contributed by atoms with Crippen molar-refractivity contribution in [1.82, 2.24) is 14.8 Å². The van der Waals surface area contributed by atoms with Gasteiger partial charge in [0.15, 0.2) is 11.0 Å². The highest BCUT2D eigenvalue weighted by atomic mass is 32.2. The molecule has 7 nitrogen and oxygen atoms in total. The van der Waals surface area contributed by atoms with E-state index < -0.39 is 0 Å². The molecule has 1 amide bonds. The lowest BCUT2D eigenvalue weighted by Crippen LogP contribution is -2.15. The first kappa shape index (κ1) is 22.0. The largest absolute Gasteiger partial charge is 0.462 e. The van der Waals surface area contributed by atoms with Gasteiger partial charge in [-0.25, -0.2) is 4.79 Å². The van der Waals surface area contributed by atoms with E-state index in [1.807, 2.05) is 4.57 Å². The number of benzene rings is 1. The van der Waals surface area contributed by atoms with E-state index in [4.69, 9.17) is 4.74 Å². The summed E-state index contributed by atoms with van der Waals surface area (Å²) in [7, 11) is 0. The molecule has 1 aromatic carbocycles. The van der Waals surface area contributed by atoms with Gasteiger partial charge in [0, 0.05) is 27.5 Å². The molecular formula is C21H24N4O3S2. The number of esters is 1. The Morgan fingerprint density at radius 2 is 1.97 bits per heavy atom. The van der Waals surface area contributed by atoms with Crippen molar-refractivity contribution in [2.75, 3.05) is 17.7 Å². The van der Waals surface area contributed by atoms with Crippen LogP contribution in [0.25, 0.3) is 11.4 Å². The number of aromatic nitrogens is 3. The molecule has 1 N–H and O–H groups in total. The third kappa shape index (κ3) is 5.28. The molecule has 158 valence electrons. The van der Waals surface area contributed by atoms with Crippen LogP contribution < -0.4 is 5.32 Å². The second-order valence-corrected chi connectivity index (χ2v) is 8.91. The Labute approximate surface area is 183 Å². The monoisotopic (exact) mass is 444 g/mol. The van der Waals surface area contributed by atoms with Crippen molar-refractivity contribution >= 4 is 40.7 Å². The minimum absolute atomic E-state index is 0.157. The van der Waals surface area contributed by atoms with Gasteiger partial charge >= 0.3 is 5.97 Å². The topological polar surface area (TPSA) is 86.1 Å². The van der Waals surface area contributed by atoms with Crippen LogP contribution in [0.15, 0.2) is 40.9 Å². The molecule has 0 aliphatic rings. The molecule has 0 aliphatic heterocycles. The highest BCUT2D eigenvalue weighted by molar-refractivity contribution is 7.99. The number of hydrogen-bond donors (Lipinski definition) is 1. The molecule has 9 heteroatoms. The van der Waals surface area contributed by atoms with E-state index in [2.05, 4.69) is 47.7 Å². The number of thiophene rings is 1. The quantitative estimate of drug-likeness (QED) is 0.397. The Hall–Kier alpha value is -2.65. The molecule has 0 aliphatic carbocycles. The van der Waals surface area contributed by atoms with E-state index in [0.717, 1.165) is 11.4 Å². The lowest BCUT2D eigenvalue weighted by molar-refractivity contribution is -0.113. The highest BCUT2D eigenvalue weighted by Gasteiger charge is 2.18. The molecule has 0 saturated heterocycles.